The Morgan fingerprint density at radius 2 is 1.34 bits per heavy atom. The van der Waals surface area contributed by atoms with Gasteiger partial charge >= 0.3 is 12.2 Å². The van der Waals surface area contributed by atoms with E-state index in [4.69, 9.17) is 14.5 Å². The van der Waals surface area contributed by atoms with Gasteiger partial charge in [0.1, 0.15) is 29.5 Å². The number of nitrogens with one attached hydrogen (secondary N) is 4. The van der Waals surface area contributed by atoms with E-state index in [1.54, 1.807) is 46.5 Å². The maximum absolute atomic E-state index is 15.9. The minimum atomic E-state index is -0.913. The number of imidazole rings is 2. The van der Waals surface area contributed by atoms with Crippen molar-refractivity contribution in [1.29, 1.82) is 0 Å². The number of halogens is 1. The van der Waals surface area contributed by atoms with Crippen LogP contribution in [0.25, 0.3) is 44.7 Å². The van der Waals surface area contributed by atoms with Gasteiger partial charge in [0.05, 0.1) is 61.3 Å². The van der Waals surface area contributed by atoms with E-state index in [1.165, 1.54) is 20.3 Å². The molecule has 2 aliphatic heterocycles. The van der Waals surface area contributed by atoms with Gasteiger partial charge in [-0.1, -0.05) is 62.4 Å². The number of carbonyl (C=O) groups excluding carboxylic acids is 4. The summed E-state index contributed by atoms with van der Waals surface area (Å²) in [6.07, 6.45) is 5.00. The summed E-state index contributed by atoms with van der Waals surface area (Å²) in [5.74, 6) is 0.184. The molecular weight excluding hydrogens is 794 g/mol. The number of benzene rings is 3. The minimum absolute atomic E-state index is 0.156. The van der Waals surface area contributed by atoms with E-state index in [0.717, 1.165) is 29.5 Å². The third kappa shape index (κ3) is 8.44. The second-order valence-electron chi connectivity index (χ2n) is 15.9. The molecule has 62 heavy (non-hydrogen) atoms. The highest BCUT2D eigenvalue weighted by molar-refractivity contribution is 5.89. The lowest BCUT2D eigenvalue weighted by molar-refractivity contribution is -0.135. The second-order valence-corrected chi connectivity index (χ2v) is 15.9. The molecular formula is C46H48FN9O6. The molecule has 0 spiro atoms. The number of H-pyrrole nitrogens is 2. The largest absolute Gasteiger partial charge is 0.453 e. The standard InChI is InChI=1S/C46H48FN9O6/c1-26(2)39(53-45(59)61-3)43(57)55-20-8-12-37(55)41-49-25-36(52-41)30-14-17-31(32(47)23-30)34-19-16-28-22-29(15-18-33(28)50-34)35-24-48-42(51-35)38-13-9-21-56(38)44(58)40(54-46(60)62-4)27-10-6-5-7-11-27/h5-7,10-11,14-19,22-26,37-40H,8-9,12-13,20-21H2,1-4H3,(H,48,51)(H,49,52)(H,53,59)(H,54,60)/t37-,38-,39-,40+/m0/s1. The van der Waals surface area contributed by atoms with Crippen LogP contribution in [0.15, 0.2) is 91.3 Å². The molecule has 2 aliphatic rings. The predicted molar refractivity (Wildman–Crippen MR) is 229 cm³/mol. The van der Waals surface area contributed by atoms with E-state index in [0.29, 0.717) is 71.2 Å². The van der Waals surface area contributed by atoms with Crippen LogP contribution in [-0.4, -0.2) is 92.1 Å². The topological polar surface area (TPSA) is 188 Å². The monoisotopic (exact) mass is 841 g/mol. The summed E-state index contributed by atoms with van der Waals surface area (Å²) in [6.45, 7) is 4.77. The van der Waals surface area contributed by atoms with Crippen LogP contribution in [0.4, 0.5) is 14.0 Å². The van der Waals surface area contributed by atoms with Crippen molar-refractivity contribution in [2.75, 3.05) is 27.3 Å². The number of fused-ring (bicyclic) bond motifs is 1. The van der Waals surface area contributed by atoms with Crippen molar-refractivity contribution in [3.05, 3.63) is 114 Å². The molecule has 2 saturated heterocycles. The van der Waals surface area contributed by atoms with Crippen molar-refractivity contribution in [2.45, 2.75) is 63.7 Å². The molecule has 4 atom stereocenters. The van der Waals surface area contributed by atoms with Gasteiger partial charge in [0.25, 0.3) is 5.91 Å². The number of amides is 4. The first kappa shape index (κ1) is 41.6. The summed E-state index contributed by atoms with van der Waals surface area (Å²) in [4.78, 5) is 76.0. The Bertz CT molecular complexity index is 2610. The smallest absolute Gasteiger partial charge is 0.407 e. The van der Waals surface area contributed by atoms with E-state index < -0.39 is 30.1 Å². The molecule has 5 heterocycles. The van der Waals surface area contributed by atoms with Gasteiger partial charge in [0, 0.05) is 35.2 Å². The van der Waals surface area contributed by atoms with Crippen LogP contribution in [-0.2, 0) is 19.1 Å². The van der Waals surface area contributed by atoms with Crippen molar-refractivity contribution >= 4 is 34.9 Å². The number of alkyl carbamates (subject to hydrolysis) is 2. The third-order valence-electron chi connectivity index (χ3n) is 11.7. The highest BCUT2D eigenvalue weighted by Crippen LogP contribution is 2.36. The van der Waals surface area contributed by atoms with Gasteiger partial charge in [0.2, 0.25) is 5.91 Å². The first-order valence-electron chi connectivity index (χ1n) is 20.7. The van der Waals surface area contributed by atoms with Crippen LogP contribution in [0.3, 0.4) is 0 Å². The molecule has 0 saturated carbocycles. The number of hydrogen-bond donors (Lipinski definition) is 4. The van der Waals surface area contributed by atoms with Crippen LogP contribution < -0.4 is 10.6 Å². The molecule has 3 aromatic carbocycles. The molecule has 16 heteroatoms. The van der Waals surface area contributed by atoms with Crippen LogP contribution in [0.1, 0.15) is 74.9 Å². The summed E-state index contributed by atoms with van der Waals surface area (Å²) < 4.78 is 25.4. The number of likely N-dealkylation sites (tertiary alicyclic amines) is 2. The average Bonchev–Trinajstić information content (AvgIpc) is 4.14. The van der Waals surface area contributed by atoms with Crippen LogP contribution in [0.2, 0.25) is 0 Å². The molecule has 0 radical (unpaired) electrons. The number of methoxy groups -OCH3 is 2. The summed E-state index contributed by atoms with van der Waals surface area (Å²) in [5, 5.41) is 6.20. The van der Waals surface area contributed by atoms with Gasteiger partial charge in [-0.25, -0.2) is 28.9 Å². The Labute approximate surface area is 357 Å². The SMILES string of the molecule is COC(=O)N[C@H](C(=O)N1CCC[C@H]1c1ncc(-c2ccc(-c3ccc4cc(-c5cnc([C@@H]6CCCN6C(=O)[C@H](NC(=O)OC)c6ccccc6)[nH]5)ccc4n3)c(F)c2)[nH]1)C(C)C. The van der Waals surface area contributed by atoms with E-state index >= 15 is 4.39 Å². The van der Waals surface area contributed by atoms with E-state index in [2.05, 4.69) is 30.6 Å². The van der Waals surface area contributed by atoms with Gasteiger partial charge < -0.3 is 39.9 Å². The predicted octanol–water partition coefficient (Wildman–Crippen LogP) is 7.63. The van der Waals surface area contributed by atoms with Crippen molar-refractivity contribution in [3.8, 4) is 33.8 Å². The van der Waals surface area contributed by atoms with Gasteiger partial charge in [-0.3, -0.25) is 9.59 Å². The quantitative estimate of drug-likeness (QED) is 0.102. The lowest BCUT2D eigenvalue weighted by Crippen LogP contribution is -2.51. The molecule has 8 rings (SSSR count). The maximum Gasteiger partial charge on any atom is 0.407 e. The first-order chi connectivity index (χ1) is 30.0. The van der Waals surface area contributed by atoms with E-state index in [-0.39, 0.29) is 29.8 Å². The molecule has 2 fully saturated rings. The fourth-order valence-electron chi connectivity index (χ4n) is 8.42. The first-order valence-corrected chi connectivity index (χ1v) is 20.7. The lowest BCUT2D eigenvalue weighted by Gasteiger charge is -2.30. The van der Waals surface area contributed by atoms with Crippen molar-refractivity contribution in [2.24, 2.45) is 5.92 Å². The number of aromatic amines is 2. The Balaban J connectivity index is 0.961. The summed E-state index contributed by atoms with van der Waals surface area (Å²) >= 11 is 0. The highest BCUT2D eigenvalue weighted by Gasteiger charge is 2.39. The van der Waals surface area contributed by atoms with Crippen molar-refractivity contribution in [1.82, 2.24) is 45.4 Å². The maximum atomic E-state index is 15.9. The number of nitrogens with zero attached hydrogens (tertiary/aromatic N) is 5. The van der Waals surface area contributed by atoms with Gasteiger partial charge in [-0.15, -0.1) is 0 Å². The highest BCUT2D eigenvalue weighted by atomic mass is 19.1. The zero-order valence-corrected chi connectivity index (χ0v) is 34.9. The normalized spacial score (nSPS) is 17.3. The van der Waals surface area contributed by atoms with E-state index in [9.17, 15) is 19.2 Å². The lowest BCUT2D eigenvalue weighted by atomic mass is 10.0. The molecule has 0 unspecified atom stereocenters. The molecule has 3 aromatic heterocycles. The molecule has 320 valence electrons. The van der Waals surface area contributed by atoms with Crippen molar-refractivity contribution in [3.63, 3.8) is 0 Å². The Morgan fingerprint density at radius 1 is 0.742 bits per heavy atom. The number of hydrogen-bond acceptors (Lipinski definition) is 9. The Kier molecular flexibility index (Phi) is 12.0. The molecule has 6 aromatic rings. The number of ether oxygens (including phenoxy) is 2. The number of aromatic nitrogens is 5. The summed E-state index contributed by atoms with van der Waals surface area (Å²) in [7, 11) is 2.53. The van der Waals surface area contributed by atoms with E-state index in [1.807, 2.05) is 62.4 Å². The second kappa shape index (κ2) is 17.9. The summed E-state index contributed by atoms with van der Waals surface area (Å²) in [6, 6.07) is 21.2. The molecule has 0 aliphatic carbocycles. The fourth-order valence-corrected chi connectivity index (χ4v) is 8.42. The molecule has 4 amide bonds. The van der Waals surface area contributed by atoms with Crippen LogP contribution >= 0.6 is 0 Å². The van der Waals surface area contributed by atoms with Crippen LogP contribution in [0.5, 0.6) is 0 Å². The van der Waals surface area contributed by atoms with Gasteiger partial charge in [-0.2, -0.15) is 0 Å². The number of pyridine rings is 1. The Morgan fingerprint density at radius 3 is 1.95 bits per heavy atom. The molecule has 4 N–H and O–H groups in total. The minimum Gasteiger partial charge on any atom is -0.453 e. The van der Waals surface area contributed by atoms with Gasteiger partial charge in [-0.05, 0) is 67.5 Å². The fraction of sp³-hybridized carbons (Fsp3) is 0.326. The van der Waals surface area contributed by atoms with Gasteiger partial charge in [0.15, 0.2) is 0 Å². The number of rotatable bonds is 11. The third-order valence-corrected chi connectivity index (χ3v) is 11.7. The summed E-state index contributed by atoms with van der Waals surface area (Å²) in [5.41, 5.74) is 5.00. The Hall–Kier alpha value is -7.10. The number of carbonyl (C=O) groups is 4. The molecule has 0 bridgehead atoms. The van der Waals surface area contributed by atoms with Crippen LogP contribution in [0, 0.1) is 11.7 Å². The zero-order valence-electron chi connectivity index (χ0n) is 34.9. The van der Waals surface area contributed by atoms with Crippen molar-refractivity contribution < 1.29 is 33.0 Å². The average molecular weight is 842 g/mol. The zero-order chi connectivity index (χ0) is 43.5. The molecule has 15 nitrogen and oxygen atoms in total.